The fraction of sp³-hybridized carbons (Fsp3) is 0.118. The van der Waals surface area contributed by atoms with Crippen LogP contribution in [0.4, 0.5) is 0 Å². The van der Waals surface area contributed by atoms with Crippen LogP contribution in [0.15, 0.2) is 243 Å². The summed E-state index contributed by atoms with van der Waals surface area (Å²) in [5.41, 5.74) is 16.7. The van der Waals surface area contributed by atoms with Crippen molar-refractivity contribution in [3.63, 3.8) is 0 Å². The van der Waals surface area contributed by atoms with Crippen LogP contribution in [0.1, 0.15) is 111 Å². The highest BCUT2D eigenvalue weighted by atomic mass is 16.2. The smallest absolute Gasteiger partial charge is 0.262 e. The zero-order valence-corrected chi connectivity index (χ0v) is 54.6. The van der Waals surface area contributed by atoms with Crippen molar-refractivity contribution in [1.29, 1.82) is 0 Å². The molecule has 2 N–H and O–H groups in total. The number of fused-ring (bicyclic) bond motifs is 2. The standard InChI is InChI=1S/C39H27N3O4.C38H24N4O4.C8H11N/c43-36-29-15-7-13-26-27(17-18-31(33(26)29)38(45)41(36)21-19-24-9-3-1-4-10-24)35-28-14-8-16-30-34(28)32(23-40-35)39(46)42(37(30)44)22-20-25-11-5-2-6-12-25;43-35-25-13-11-23-29-24(12-14-26(30(25)29)36(44)41(35)17-15-21-7-3-1-4-8-21)34-32-31-27(19-39-33(23)32)37(45)42(38(46)28(31)20-40-34)18-16-22-9-5-2-6-10-22;9-7-6-8-4-2-1-3-5-8/h1-18,23H,19-22H2;1-14,19-20H,15-18H2;1-5H,6-7,9H2. The van der Waals surface area contributed by atoms with Gasteiger partial charge < -0.3 is 5.73 Å². The molecule has 0 bridgehead atoms. The predicted molar refractivity (Wildman–Crippen MR) is 389 cm³/mol. The van der Waals surface area contributed by atoms with Gasteiger partial charge in [0, 0.05) is 127 Å². The topological polar surface area (TPSA) is 214 Å². The molecule has 16 nitrogen and oxygen atoms in total. The Bertz CT molecular complexity index is 5260. The molecule has 3 aromatic heterocycles. The van der Waals surface area contributed by atoms with Crippen LogP contribution in [0.25, 0.3) is 76.2 Å². The number of rotatable bonds is 15. The van der Waals surface area contributed by atoms with Gasteiger partial charge >= 0.3 is 0 Å². The van der Waals surface area contributed by atoms with Gasteiger partial charge in [0.2, 0.25) is 0 Å². The fourth-order valence-electron chi connectivity index (χ4n) is 14.8. The van der Waals surface area contributed by atoms with E-state index < -0.39 is 0 Å². The Morgan fingerprint density at radius 1 is 0.238 bits per heavy atom. The molecule has 4 aliphatic rings. The van der Waals surface area contributed by atoms with E-state index in [2.05, 4.69) is 12.1 Å². The van der Waals surface area contributed by atoms with Crippen LogP contribution >= 0.6 is 0 Å². The Balaban J connectivity index is 0.000000139. The minimum Gasteiger partial charge on any atom is -0.330 e. The molecule has 0 saturated carbocycles. The molecule has 16 heteroatoms. The summed E-state index contributed by atoms with van der Waals surface area (Å²) >= 11 is 0. The summed E-state index contributed by atoms with van der Waals surface area (Å²) in [6.07, 6.45) is 7.82. The van der Waals surface area contributed by atoms with Crippen molar-refractivity contribution in [3.05, 3.63) is 315 Å². The van der Waals surface area contributed by atoms with Crippen LogP contribution in [-0.4, -0.2) is 115 Å². The first-order valence-corrected chi connectivity index (χ1v) is 33.7. The lowest BCUT2D eigenvalue weighted by atomic mass is 9.85. The Labute approximate surface area is 579 Å². The first-order chi connectivity index (χ1) is 49.4. The van der Waals surface area contributed by atoms with E-state index in [0.717, 1.165) is 51.4 Å². The molecule has 0 unspecified atom stereocenters. The van der Waals surface area contributed by atoms with Gasteiger partial charge in [-0.2, -0.15) is 0 Å². The molecule has 18 rings (SSSR count). The molecule has 490 valence electrons. The third kappa shape index (κ3) is 11.0. The Kier molecular flexibility index (Phi) is 16.4. The SMILES string of the molecule is NCCc1ccccc1.O=C1c2ccc3c4ncc5c6c(cnc(c7ccc(c2c37)C(=O)N1CCc1ccccc1)c64)C(=O)N(CCc1ccccc1)C5=O.O=C1c2cccc3c(-c4ncc5c6c(cccc46)C(=O)N(CCc4ccccc4)C5=O)ccc(c23)C(=O)N1CCc1ccccc1. The van der Waals surface area contributed by atoms with E-state index in [4.69, 9.17) is 20.7 Å². The van der Waals surface area contributed by atoms with Crippen molar-refractivity contribution < 1.29 is 38.4 Å². The molecule has 8 amide bonds. The number of benzene rings is 11. The van der Waals surface area contributed by atoms with Crippen LogP contribution in [0.2, 0.25) is 0 Å². The van der Waals surface area contributed by atoms with Gasteiger partial charge in [-0.1, -0.05) is 194 Å². The number of carbonyl (C=O) groups is 8. The number of amides is 8. The van der Waals surface area contributed by atoms with Gasteiger partial charge in [-0.05, 0) is 102 Å². The molecule has 11 aromatic carbocycles. The zero-order chi connectivity index (χ0) is 69.0. The third-order valence-electron chi connectivity index (χ3n) is 19.7. The lowest BCUT2D eigenvalue weighted by molar-refractivity contribution is 0.0596. The number of nitrogens with zero attached hydrogens (tertiary/aromatic N) is 7. The normalized spacial score (nSPS) is 13.9. The summed E-state index contributed by atoms with van der Waals surface area (Å²) < 4.78 is 0. The van der Waals surface area contributed by atoms with Gasteiger partial charge in [0.15, 0.2) is 0 Å². The second-order valence-electron chi connectivity index (χ2n) is 25.5. The Hall–Kier alpha value is -12.8. The molecular formula is C85H62N8O8. The van der Waals surface area contributed by atoms with Crippen molar-refractivity contribution in [2.24, 2.45) is 5.73 Å². The van der Waals surface area contributed by atoms with Crippen LogP contribution in [-0.2, 0) is 32.1 Å². The molecule has 14 aromatic rings. The number of aromatic nitrogens is 3. The third-order valence-corrected chi connectivity index (χ3v) is 19.7. The molecule has 0 atom stereocenters. The van der Waals surface area contributed by atoms with E-state index in [1.54, 1.807) is 42.6 Å². The quantitative estimate of drug-likeness (QED) is 0.0576. The monoisotopic (exact) mass is 1320 g/mol. The van der Waals surface area contributed by atoms with E-state index in [1.165, 1.54) is 37.6 Å². The number of hydrogen-bond donors (Lipinski definition) is 1. The average molecular weight is 1320 g/mol. The largest absolute Gasteiger partial charge is 0.330 e. The fourth-order valence-corrected chi connectivity index (χ4v) is 14.8. The maximum Gasteiger partial charge on any atom is 0.262 e. The van der Waals surface area contributed by atoms with Crippen LogP contribution in [0.5, 0.6) is 0 Å². The molecule has 7 heterocycles. The van der Waals surface area contributed by atoms with Crippen LogP contribution < -0.4 is 5.73 Å². The molecule has 4 aliphatic heterocycles. The van der Waals surface area contributed by atoms with Gasteiger partial charge in [0.1, 0.15) is 0 Å². The molecule has 0 aliphatic carbocycles. The number of pyridine rings is 3. The molecule has 0 saturated heterocycles. The summed E-state index contributed by atoms with van der Waals surface area (Å²) in [5, 5.41) is 6.49. The molecule has 101 heavy (non-hydrogen) atoms. The number of nitrogens with two attached hydrogens (primary N) is 1. The number of imide groups is 4. The van der Waals surface area contributed by atoms with Crippen molar-refractivity contribution in [2.75, 3.05) is 32.7 Å². The maximum atomic E-state index is 13.8. The lowest BCUT2D eigenvalue weighted by Crippen LogP contribution is -2.41. The summed E-state index contributed by atoms with van der Waals surface area (Å²) in [5.74, 6) is -2.78. The van der Waals surface area contributed by atoms with Crippen molar-refractivity contribution in [2.45, 2.75) is 32.1 Å². The average Bonchev–Trinajstić information content (AvgIpc) is 0.695. The lowest BCUT2D eigenvalue weighted by Gasteiger charge is -2.29. The highest BCUT2D eigenvalue weighted by Gasteiger charge is 2.40. The van der Waals surface area contributed by atoms with Gasteiger partial charge in [-0.25, -0.2) is 0 Å². The van der Waals surface area contributed by atoms with Gasteiger partial charge in [-0.15, -0.1) is 0 Å². The van der Waals surface area contributed by atoms with E-state index in [-0.39, 0.29) is 73.4 Å². The van der Waals surface area contributed by atoms with E-state index in [1.807, 2.05) is 176 Å². The predicted octanol–water partition coefficient (Wildman–Crippen LogP) is 14.1. The maximum absolute atomic E-state index is 13.8. The summed E-state index contributed by atoms with van der Waals surface area (Å²) in [6, 6.07) is 71.0. The van der Waals surface area contributed by atoms with Crippen LogP contribution in [0, 0.1) is 0 Å². The first-order valence-electron chi connectivity index (χ1n) is 33.7. The Morgan fingerprint density at radius 2 is 0.535 bits per heavy atom. The van der Waals surface area contributed by atoms with Gasteiger partial charge in [0.25, 0.3) is 47.3 Å². The highest BCUT2D eigenvalue weighted by Crippen LogP contribution is 2.46. The molecular weight excluding hydrogens is 1260 g/mol. The van der Waals surface area contributed by atoms with Crippen LogP contribution in [0.3, 0.4) is 0 Å². The molecule has 0 fully saturated rings. The van der Waals surface area contributed by atoms with Crippen molar-refractivity contribution in [1.82, 2.24) is 34.6 Å². The van der Waals surface area contributed by atoms with Gasteiger partial charge in [-0.3, -0.25) is 72.9 Å². The summed E-state index contributed by atoms with van der Waals surface area (Å²) in [6.45, 7) is 1.79. The van der Waals surface area contributed by atoms with Crippen molar-refractivity contribution in [3.8, 4) is 11.3 Å². The zero-order valence-electron chi connectivity index (χ0n) is 54.6. The van der Waals surface area contributed by atoms with Crippen molar-refractivity contribution >= 4 is 112 Å². The summed E-state index contributed by atoms with van der Waals surface area (Å²) in [7, 11) is 0. The Morgan fingerprint density at radius 3 is 0.931 bits per heavy atom. The van der Waals surface area contributed by atoms with E-state index >= 15 is 0 Å². The molecule has 0 spiro atoms. The summed E-state index contributed by atoms with van der Waals surface area (Å²) in [4.78, 5) is 129. The number of carbonyl (C=O) groups excluding carboxylic acids is 8. The molecule has 0 radical (unpaired) electrons. The minimum atomic E-state index is -0.382. The number of hydrogen-bond acceptors (Lipinski definition) is 12. The second-order valence-corrected chi connectivity index (χ2v) is 25.5. The minimum absolute atomic E-state index is 0.240. The van der Waals surface area contributed by atoms with Gasteiger partial charge in [0.05, 0.1) is 33.4 Å². The highest BCUT2D eigenvalue weighted by molar-refractivity contribution is 6.40. The van der Waals surface area contributed by atoms with E-state index in [0.29, 0.717) is 130 Å². The van der Waals surface area contributed by atoms with E-state index in [9.17, 15) is 38.4 Å². The first kappa shape index (κ1) is 63.0. The second kappa shape index (κ2) is 26.2.